The lowest BCUT2D eigenvalue weighted by molar-refractivity contribution is 0.0759. The van der Waals surface area contributed by atoms with Crippen molar-refractivity contribution in [1.29, 1.82) is 0 Å². The van der Waals surface area contributed by atoms with Crippen molar-refractivity contribution in [3.05, 3.63) is 63.9 Å². The van der Waals surface area contributed by atoms with Gasteiger partial charge in [-0.3, -0.25) is 9.78 Å². The summed E-state index contributed by atoms with van der Waals surface area (Å²) in [6.07, 6.45) is 3.54. The lowest BCUT2D eigenvalue weighted by Crippen LogP contribution is -2.28. The molecule has 96 valence electrons. The van der Waals surface area contributed by atoms with Gasteiger partial charge in [-0.2, -0.15) is 0 Å². The summed E-state index contributed by atoms with van der Waals surface area (Å²) >= 11 is 3.43. The summed E-state index contributed by atoms with van der Waals surface area (Å²) in [6, 6.07) is 9.86. The van der Waals surface area contributed by atoms with Crippen molar-refractivity contribution in [3.63, 3.8) is 0 Å². The van der Waals surface area contributed by atoms with Gasteiger partial charge in [0.15, 0.2) is 0 Å². The standard InChI is InChI=1S/C15H13BrN2O/c1-2-18-14(10-5-7-17-8-6-10)12-4-3-11(16)9-13(12)15(18)19/h3-9,14H,2H2,1H3. The van der Waals surface area contributed by atoms with Crippen LogP contribution in [0.4, 0.5) is 0 Å². The van der Waals surface area contributed by atoms with E-state index >= 15 is 0 Å². The molecule has 3 rings (SSSR count). The van der Waals surface area contributed by atoms with Crippen LogP contribution in [0.5, 0.6) is 0 Å². The van der Waals surface area contributed by atoms with Crippen LogP contribution in [0.15, 0.2) is 47.2 Å². The fourth-order valence-electron chi connectivity index (χ4n) is 2.62. The maximum atomic E-state index is 12.5. The molecular formula is C15H13BrN2O. The van der Waals surface area contributed by atoms with Crippen molar-refractivity contribution in [1.82, 2.24) is 9.88 Å². The minimum absolute atomic E-state index is 0.00333. The normalized spacial score (nSPS) is 17.7. The molecule has 0 bridgehead atoms. The van der Waals surface area contributed by atoms with Gasteiger partial charge in [-0.1, -0.05) is 22.0 Å². The molecule has 3 nitrogen and oxygen atoms in total. The third kappa shape index (κ3) is 1.96. The summed E-state index contributed by atoms with van der Waals surface area (Å²) in [6.45, 7) is 2.70. The van der Waals surface area contributed by atoms with Crippen molar-refractivity contribution in [2.24, 2.45) is 0 Å². The summed E-state index contributed by atoms with van der Waals surface area (Å²) in [5, 5.41) is 0. The number of nitrogens with zero attached hydrogens (tertiary/aromatic N) is 2. The van der Waals surface area contributed by atoms with Gasteiger partial charge in [0.2, 0.25) is 0 Å². The highest BCUT2D eigenvalue weighted by atomic mass is 79.9. The Hall–Kier alpha value is -1.68. The highest BCUT2D eigenvalue weighted by molar-refractivity contribution is 9.10. The van der Waals surface area contributed by atoms with Gasteiger partial charge in [0.25, 0.3) is 5.91 Å². The predicted octanol–water partition coefficient (Wildman–Crippen LogP) is 3.41. The summed E-state index contributed by atoms with van der Waals surface area (Å²) in [5.74, 6) is 0.0978. The molecule has 2 heterocycles. The molecule has 4 heteroatoms. The number of pyridine rings is 1. The smallest absolute Gasteiger partial charge is 0.255 e. The average molecular weight is 317 g/mol. The molecule has 0 spiro atoms. The van der Waals surface area contributed by atoms with E-state index in [2.05, 4.69) is 20.9 Å². The zero-order chi connectivity index (χ0) is 13.4. The van der Waals surface area contributed by atoms with Crippen molar-refractivity contribution in [2.75, 3.05) is 6.54 Å². The van der Waals surface area contributed by atoms with Crippen LogP contribution in [0.25, 0.3) is 0 Å². The fourth-order valence-corrected chi connectivity index (χ4v) is 2.98. The number of carbonyl (C=O) groups excluding carboxylic acids is 1. The Bertz CT molecular complexity index is 627. The monoisotopic (exact) mass is 316 g/mol. The van der Waals surface area contributed by atoms with Crippen molar-refractivity contribution >= 4 is 21.8 Å². The highest BCUT2D eigenvalue weighted by Crippen LogP contribution is 2.38. The van der Waals surface area contributed by atoms with Crippen molar-refractivity contribution < 1.29 is 4.79 Å². The van der Waals surface area contributed by atoms with E-state index in [1.165, 1.54) is 0 Å². The number of fused-ring (bicyclic) bond motifs is 1. The molecule has 1 aliphatic heterocycles. The molecule has 0 radical (unpaired) electrons. The number of carbonyl (C=O) groups is 1. The molecule has 0 aliphatic carbocycles. The van der Waals surface area contributed by atoms with Crippen LogP contribution >= 0.6 is 15.9 Å². The minimum Gasteiger partial charge on any atom is -0.328 e. The van der Waals surface area contributed by atoms with E-state index in [4.69, 9.17) is 0 Å². The van der Waals surface area contributed by atoms with Gasteiger partial charge < -0.3 is 4.90 Å². The maximum absolute atomic E-state index is 12.5. The highest BCUT2D eigenvalue weighted by Gasteiger charge is 2.36. The van der Waals surface area contributed by atoms with E-state index in [1.807, 2.05) is 42.2 Å². The van der Waals surface area contributed by atoms with E-state index in [1.54, 1.807) is 12.4 Å². The van der Waals surface area contributed by atoms with Gasteiger partial charge in [-0.05, 0) is 42.3 Å². The second kappa shape index (κ2) is 4.78. The Kier molecular flexibility index (Phi) is 3.11. The van der Waals surface area contributed by atoms with Gasteiger partial charge in [-0.25, -0.2) is 0 Å². The largest absolute Gasteiger partial charge is 0.328 e. The van der Waals surface area contributed by atoms with E-state index in [-0.39, 0.29) is 11.9 Å². The molecule has 0 N–H and O–H groups in total. The molecule has 1 aliphatic rings. The lowest BCUT2D eigenvalue weighted by Gasteiger charge is -2.24. The lowest BCUT2D eigenvalue weighted by atomic mass is 9.99. The topological polar surface area (TPSA) is 33.2 Å². The number of halogens is 1. The first-order valence-corrected chi connectivity index (χ1v) is 7.02. The number of benzene rings is 1. The van der Waals surface area contributed by atoms with Gasteiger partial charge in [0.05, 0.1) is 6.04 Å². The zero-order valence-electron chi connectivity index (χ0n) is 10.5. The number of hydrogen-bond acceptors (Lipinski definition) is 2. The predicted molar refractivity (Wildman–Crippen MR) is 76.9 cm³/mol. The van der Waals surface area contributed by atoms with Crippen LogP contribution in [-0.2, 0) is 0 Å². The summed E-state index contributed by atoms with van der Waals surface area (Å²) in [5.41, 5.74) is 2.96. The van der Waals surface area contributed by atoms with Crippen LogP contribution in [0, 0.1) is 0 Å². The number of amides is 1. The zero-order valence-corrected chi connectivity index (χ0v) is 12.1. The summed E-state index contributed by atoms with van der Waals surface area (Å²) in [4.78, 5) is 18.4. The number of hydrogen-bond donors (Lipinski definition) is 0. The third-order valence-electron chi connectivity index (χ3n) is 3.48. The van der Waals surface area contributed by atoms with Crippen LogP contribution in [0.2, 0.25) is 0 Å². The molecule has 1 amide bonds. The molecule has 1 aromatic heterocycles. The SMILES string of the molecule is CCN1C(=O)c2cc(Br)ccc2C1c1ccncc1. The van der Waals surface area contributed by atoms with E-state index in [9.17, 15) is 4.79 Å². The fraction of sp³-hybridized carbons (Fsp3) is 0.200. The van der Waals surface area contributed by atoms with Gasteiger partial charge in [0, 0.05) is 29.0 Å². The van der Waals surface area contributed by atoms with Gasteiger partial charge in [0.1, 0.15) is 0 Å². The summed E-state index contributed by atoms with van der Waals surface area (Å²) in [7, 11) is 0. The first-order valence-electron chi connectivity index (χ1n) is 6.22. The quantitative estimate of drug-likeness (QED) is 0.850. The van der Waals surface area contributed by atoms with Crippen LogP contribution in [0.3, 0.4) is 0 Å². The molecule has 2 aromatic rings. The second-order valence-electron chi connectivity index (χ2n) is 4.51. The Morgan fingerprint density at radius 3 is 2.68 bits per heavy atom. The van der Waals surface area contributed by atoms with Crippen LogP contribution in [0.1, 0.15) is 34.5 Å². The molecule has 0 saturated heterocycles. The van der Waals surface area contributed by atoms with Crippen LogP contribution < -0.4 is 0 Å². The molecule has 0 saturated carbocycles. The molecular weight excluding hydrogens is 304 g/mol. The van der Waals surface area contributed by atoms with Crippen molar-refractivity contribution in [3.8, 4) is 0 Å². The molecule has 1 aromatic carbocycles. The molecule has 19 heavy (non-hydrogen) atoms. The van der Waals surface area contributed by atoms with Gasteiger partial charge in [-0.15, -0.1) is 0 Å². The summed E-state index contributed by atoms with van der Waals surface area (Å²) < 4.78 is 0.936. The maximum Gasteiger partial charge on any atom is 0.255 e. The van der Waals surface area contributed by atoms with Crippen LogP contribution in [-0.4, -0.2) is 22.3 Å². The Balaban J connectivity index is 2.17. The Morgan fingerprint density at radius 2 is 2.00 bits per heavy atom. The van der Waals surface area contributed by atoms with E-state index in [0.717, 1.165) is 21.2 Å². The second-order valence-corrected chi connectivity index (χ2v) is 5.42. The Morgan fingerprint density at radius 1 is 1.26 bits per heavy atom. The first-order chi connectivity index (χ1) is 9.22. The first kappa shape index (κ1) is 12.4. The minimum atomic E-state index is 0.00333. The van der Waals surface area contributed by atoms with E-state index < -0.39 is 0 Å². The number of rotatable bonds is 2. The number of aromatic nitrogens is 1. The van der Waals surface area contributed by atoms with E-state index in [0.29, 0.717) is 6.54 Å². The molecule has 1 unspecified atom stereocenters. The molecule has 1 atom stereocenters. The molecule has 0 fully saturated rings. The average Bonchev–Trinajstić information content (AvgIpc) is 2.72. The Labute approximate surface area is 120 Å². The van der Waals surface area contributed by atoms with Crippen molar-refractivity contribution in [2.45, 2.75) is 13.0 Å². The van der Waals surface area contributed by atoms with Gasteiger partial charge >= 0.3 is 0 Å². The third-order valence-corrected chi connectivity index (χ3v) is 3.97.